The molecule has 102 valence electrons. The second-order valence-corrected chi connectivity index (χ2v) is 5.19. The Bertz CT molecular complexity index is 732. The Balaban J connectivity index is 1.72. The standard InChI is InChI=1S/C13H11N3O3Se/c1-18-13(17)8-5-9(19-7-8)6-14-10-3-2-4-11-12(10)16-20-15-11/h2-5,7,14H,6H2,1H3. The van der Waals surface area contributed by atoms with Crippen molar-refractivity contribution < 1.29 is 13.9 Å². The van der Waals surface area contributed by atoms with Crippen LogP contribution in [0.2, 0.25) is 0 Å². The molecule has 7 heteroatoms. The molecule has 1 aliphatic heterocycles. The van der Waals surface area contributed by atoms with Gasteiger partial charge in [0.05, 0.1) is 0 Å². The summed E-state index contributed by atoms with van der Waals surface area (Å²) in [6, 6.07) is 7.49. The number of rotatable bonds is 4. The first-order valence-corrected chi connectivity index (χ1v) is 7.42. The van der Waals surface area contributed by atoms with Crippen LogP contribution in [-0.4, -0.2) is 27.6 Å². The maximum absolute atomic E-state index is 11.3. The molecule has 3 rings (SSSR count). The van der Waals surface area contributed by atoms with E-state index in [0.717, 1.165) is 17.1 Å². The van der Waals surface area contributed by atoms with Crippen molar-refractivity contribution in [2.24, 2.45) is 7.92 Å². The first-order chi connectivity index (χ1) is 9.78. The quantitative estimate of drug-likeness (QED) is 0.587. The molecule has 1 aliphatic rings. The number of fused-ring (bicyclic) bond motifs is 1. The third kappa shape index (κ3) is 2.45. The van der Waals surface area contributed by atoms with Crippen LogP contribution >= 0.6 is 0 Å². The number of esters is 1. The Kier molecular flexibility index (Phi) is 3.54. The van der Waals surface area contributed by atoms with Crippen molar-refractivity contribution in [1.82, 2.24) is 0 Å². The fourth-order valence-corrected chi connectivity index (χ4v) is 2.98. The molecule has 0 radical (unpaired) electrons. The zero-order valence-electron chi connectivity index (χ0n) is 10.6. The molecule has 0 unspecified atom stereocenters. The number of benzene rings is 1. The van der Waals surface area contributed by atoms with Crippen LogP contribution in [0.1, 0.15) is 16.1 Å². The third-order valence-corrected chi connectivity index (χ3v) is 3.95. The van der Waals surface area contributed by atoms with E-state index >= 15 is 0 Å². The van der Waals surface area contributed by atoms with E-state index in [9.17, 15) is 4.79 Å². The van der Waals surface area contributed by atoms with Crippen LogP contribution in [0.3, 0.4) is 0 Å². The van der Waals surface area contributed by atoms with Crippen LogP contribution in [0.25, 0.3) is 0 Å². The summed E-state index contributed by atoms with van der Waals surface area (Å²) >= 11 is -0.0527. The van der Waals surface area contributed by atoms with Crippen molar-refractivity contribution in [2.45, 2.75) is 6.54 Å². The van der Waals surface area contributed by atoms with Gasteiger partial charge in [0.1, 0.15) is 0 Å². The number of nitrogens with one attached hydrogen (secondary N) is 1. The molecule has 0 saturated carbocycles. The van der Waals surface area contributed by atoms with Gasteiger partial charge in [-0.15, -0.1) is 0 Å². The molecule has 1 N–H and O–H groups in total. The molecule has 1 aromatic carbocycles. The second kappa shape index (κ2) is 5.48. The number of carbonyl (C=O) groups excluding carboxylic acids is 1. The van der Waals surface area contributed by atoms with Gasteiger partial charge in [-0.25, -0.2) is 0 Å². The topological polar surface area (TPSA) is 76.2 Å². The van der Waals surface area contributed by atoms with Crippen LogP contribution in [0.15, 0.2) is 42.9 Å². The van der Waals surface area contributed by atoms with E-state index in [2.05, 4.69) is 18.0 Å². The summed E-state index contributed by atoms with van der Waals surface area (Å²) in [6.07, 6.45) is 1.39. The number of carbonyl (C=O) groups is 1. The number of anilines is 1. The summed E-state index contributed by atoms with van der Waals surface area (Å²) in [6.45, 7) is 0.468. The summed E-state index contributed by atoms with van der Waals surface area (Å²) < 4.78 is 18.7. The average Bonchev–Trinajstić information content (AvgIpc) is 3.13. The molecule has 0 saturated heterocycles. The second-order valence-electron chi connectivity index (χ2n) is 4.08. The summed E-state index contributed by atoms with van der Waals surface area (Å²) in [7, 11) is 1.34. The Morgan fingerprint density at radius 1 is 1.45 bits per heavy atom. The monoisotopic (exact) mass is 337 g/mol. The summed E-state index contributed by atoms with van der Waals surface area (Å²) in [4.78, 5) is 11.3. The molecule has 2 heterocycles. The zero-order valence-corrected chi connectivity index (χ0v) is 12.3. The molecule has 1 aromatic heterocycles. The van der Waals surface area contributed by atoms with Crippen LogP contribution in [-0.2, 0) is 11.3 Å². The van der Waals surface area contributed by atoms with Gasteiger partial charge in [0.15, 0.2) is 0 Å². The van der Waals surface area contributed by atoms with Gasteiger partial charge in [-0.1, -0.05) is 0 Å². The van der Waals surface area contributed by atoms with Gasteiger partial charge in [0.25, 0.3) is 0 Å². The van der Waals surface area contributed by atoms with Crippen molar-refractivity contribution in [3.63, 3.8) is 0 Å². The molecule has 0 amide bonds. The molecule has 6 nitrogen and oxygen atoms in total. The van der Waals surface area contributed by atoms with E-state index in [1.165, 1.54) is 13.4 Å². The van der Waals surface area contributed by atoms with Crippen molar-refractivity contribution >= 4 is 37.6 Å². The van der Waals surface area contributed by atoms with Gasteiger partial charge in [0, 0.05) is 0 Å². The SMILES string of the molecule is COC(=O)c1coc(CNc2cccc3c2N=[Se]=N3)c1. The molecular weight excluding hydrogens is 325 g/mol. The van der Waals surface area contributed by atoms with Crippen molar-refractivity contribution in [3.8, 4) is 0 Å². The minimum absolute atomic E-state index is 0.0527. The van der Waals surface area contributed by atoms with E-state index in [0.29, 0.717) is 17.9 Å². The first-order valence-electron chi connectivity index (χ1n) is 5.89. The normalized spacial score (nSPS) is 11.8. The third-order valence-electron chi connectivity index (χ3n) is 2.81. The van der Waals surface area contributed by atoms with Crippen LogP contribution in [0, 0.1) is 0 Å². The fourth-order valence-electron chi connectivity index (χ4n) is 1.83. The zero-order chi connectivity index (χ0) is 13.9. The summed E-state index contributed by atoms with van der Waals surface area (Å²) in [5.41, 5.74) is 3.14. The Morgan fingerprint density at radius 3 is 3.20 bits per heavy atom. The Labute approximate surface area is 120 Å². The molecule has 0 aliphatic carbocycles. The molecule has 20 heavy (non-hydrogen) atoms. The van der Waals surface area contributed by atoms with Gasteiger partial charge >= 0.3 is 120 Å². The van der Waals surface area contributed by atoms with E-state index in [1.807, 2.05) is 18.2 Å². The minimum atomic E-state index is -0.405. The predicted molar refractivity (Wildman–Crippen MR) is 73.7 cm³/mol. The van der Waals surface area contributed by atoms with Crippen LogP contribution in [0.4, 0.5) is 17.1 Å². The summed E-state index contributed by atoms with van der Waals surface area (Å²) in [5, 5.41) is 3.24. The van der Waals surface area contributed by atoms with Gasteiger partial charge < -0.3 is 0 Å². The Morgan fingerprint density at radius 2 is 2.35 bits per heavy atom. The predicted octanol–water partition coefficient (Wildman–Crippen LogP) is 3.03. The van der Waals surface area contributed by atoms with Gasteiger partial charge in [0.2, 0.25) is 0 Å². The molecule has 2 aromatic rings. The van der Waals surface area contributed by atoms with Crippen LogP contribution in [0.5, 0.6) is 0 Å². The van der Waals surface area contributed by atoms with Crippen molar-refractivity contribution in [3.05, 3.63) is 41.9 Å². The number of nitrogens with zero attached hydrogens (tertiary/aromatic N) is 2. The first kappa shape index (κ1) is 12.9. The van der Waals surface area contributed by atoms with Crippen LogP contribution < -0.4 is 5.32 Å². The number of methoxy groups -OCH3 is 1. The van der Waals surface area contributed by atoms with E-state index in [-0.39, 0.29) is 14.6 Å². The average molecular weight is 336 g/mol. The van der Waals surface area contributed by atoms with Crippen molar-refractivity contribution in [2.75, 3.05) is 12.4 Å². The number of ether oxygens (including phenoxy) is 1. The number of hydrogen-bond donors (Lipinski definition) is 1. The number of furan rings is 1. The molecular formula is C13H11N3O3Se. The maximum atomic E-state index is 11.3. The number of hydrogen-bond acceptors (Lipinski definition) is 6. The Hall–Kier alpha value is -2.11. The van der Waals surface area contributed by atoms with E-state index in [1.54, 1.807) is 6.07 Å². The van der Waals surface area contributed by atoms with E-state index in [4.69, 9.17) is 4.42 Å². The fraction of sp³-hybridized carbons (Fsp3) is 0.154. The molecule has 0 bridgehead atoms. The molecule has 0 atom stereocenters. The van der Waals surface area contributed by atoms with E-state index < -0.39 is 5.97 Å². The van der Waals surface area contributed by atoms with Gasteiger partial charge in [-0.2, -0.15) is 0 Å². The van der Waals surface area contributed by atoms with Gasteiger partial charge in [-0.3, -0.25) is 0 Å². The van der Waals surface area contributed by atoms with Crippen molar-refractivity contribution in [1.29, 1.82) is 0 Å². The molecule has 0 spiro atoms. The van der Waals surface area contributed by atoms with Gasteiger partial charge in [-0.05, 0) is 0 Å². The molecule has 0 fully saturated rings. The summed E-state index contributed by atoms with van der Waals surface area (Å²) in [5.74, 6) is 0.251.